The molecule has 6 nitrogen and oxygen atoms in total. The number of rotatable bonds is 4. The number of nitrogens with zero attached hydrogens (tertiary/aromatic N) is 4. The Labute approximate surface area is 223 Å². The van der Waals surface area contributed by atoms with Gasteiger partial charge in [0.1, 0.15) is 5.82 Å². The number of hydrogen-bond acceptors (Lipinski definition) is 2. The van der Waals surface area contributed by atoms with Crippen LogP contribution < -0.4 is 5.32 Å². The molecule has 5 aromatic rings. The summed E-state index contributed by atoms with van der Waals surface area (Å²) in [6.07, 6.45) is 2.85. The Hall–Kier alpha value is -4.58. The Morgan fingerprint density at radius 3 is 2.39 bits per heavy atom. The molecule has 0 saturated heterocycles. The quantitative estimate of drug-likeness (QED) is 0.289. The molecular formula is C32H31N5O. The second-order valence-electron chi connectivity index (χ2n) is 9.77. The van der Waals surface area contributed by atoms with E-state index in [9.17, 15) is 4.79 Å². The third-order valence-electron chi connectivity index (χ3n) is 7.53. The second-order valence-corrected chi connectivity index (χ2v) is 9.77. The molecule has 1 atom stereocenters. The Morgan fingerprint density at radius 2 is 1.66 bits per heavy atom. The molecule has 3 aromatic carbocycles. The highest BCUT2D eigenvalue weighted by Crippen LogP contribution is 2.39. The molecule has 0 bridgehead atoms. The molecule has 0 radical (unpaired) electrons. The third kappa shape index (κ3) is 3.98. The first-order valence-electron chi connectivity index (χ1n) is 13.1. The van der Waals surface area contributed by atoms with Crippen LogP contribution in [-0.2, 0) is 13.0 Å². The second kappa shape index (κ2) is 9.71. The minimum Gasteiger partial charge on any atom is -0.308 e. The molecule has 0 unspecified atom stereocenters. The van der Waals surface area contributed by atoms with Crippen molar-refractivity contribution in [1.29, 1.82) is 0 Å². The van der Waals surface area contributed by atoms with Crippen molar-refractivity contribution in [2.75, 3.05) is 5.32 Å². The Morgan fingerprint density at radius 1 is 0.921 bits per heavy atom. The largest absolute Gasteiger partial charge is 0.322 e. The zero-order chi connectivity index (χ0) is 26.2. The molecule has 0 saturated carbocycles. The topological polar surface area (TPSA) is 55.1 Å². The number of carbonyl (C=O) groups is 1. The van der Waals surface area contributed by atoms with E-state index in [0.717, 1.165) is 57.3 Å². The van der Waals surface area contributed by atoms with Gasteiger partial charge < -0.3 is 14.8 Å². The van der Waals surface area contributed by atoms with Crippen molar-refractivity contribution in [2.24, 2.45) is 0 Å². The van der Waals surface area contributed by atoms with Crippen molar-refractivity contribution in [2.45, 2.75) is 39.8 Å². The van der Waals surface area contributed by atoms with Gasteiger partial charge in [-0.2, -0.15) is 5.10 Å². The number of urea groups is 1. The number of aromatic nitrogens is 3. The number of aryl methyl sites for hydroxylation is 2. The Kier molecular flexibility index (Phi) is 6.08. The monoisotopic (exact) mass is 501 g/mol. The predicted octanol–water partition coefficient (Wildman–Crippen LogP) is 6.98. The van der Waals surface area contributed by atoms with Crippen LogP contribution in [0.2, 0.25) is 0 Å². The van der Waals surface area contributed by atoms with Crippen LogP contribution in [0.4, 0.5) is 10.5 Å². The summed E-state index contributed by atoms with van der Waals surface area (Å²) in [5.41, 5.74) is 8.17. The first-order chi connectivity index (χ1) is 18.6. The first kappa shape index (κ1) is 23.8. The molecule has 3 heterocycles. The van der Waals surface area contributed by atoms with Crippen LogP contribution in [0.5, 0.6) is 0 Å². The maximum atomic E-state index is 14.2. The zero-order valence-electron chi connectivity index (χ0n) is 21.9. The smallest absolute Gasteiger partial charge is 0.308 e. The highest BCUT2D eigenvalue weighted by atomic mass is 16.2. The number of para-hydroxylation sites is 1. The normalized spacial score (nSPS) is 14.5. The maximum Gasteiger partial charge on any atom is 0.322 e. The van der Waals surface area contributed by atoms with Crippen molar-refractivity contribution in [3.05, 3.63) is 131 Å². The van der Waals surface area contributed by atoms with Gasteiger partial charge in [-0.1, -0.05) is 67.6 Å². The van der Waals surface area contributed by atoms with Crippen LogP contribution in [0.1, 0.15) is 46.6 Å². The van der Waals surface area contributed by atoms with Gasteiger partial charge in [-0.05, 0) is 67.3 Å². The minimum atomic E-state index is -0.280. The molecule has 0 fully saturated rings. The van der Waals surface area contributed by atoms with Crippen molar-refractivity contribution >= 4 is 11.7 Å². The zero-order valence-corrected chi connectivity index (χ0v) is 21.9. The lowest BCUT2D eigenvalue weighted by atomic mass is 10.0. The summed E-state index contributed by atoms with van der Waals surface area (Å²) < 4.78 is 4.23. The lowest BCUT2D eigenvalue weighted by Crippen LogP contribution is -2.38. The van der Waals surface area contributed by atoms with Gasteiger partial charge in [0.2, 0.25) is 0 Å². The standard InChI is InChI=1S/C32H31N5O/c1-4-27-26-21-36(32(38)33-28-18-11-13-22(2)23(28)3)30(24-14-7-5-8-15-24)29-19-12-20-35(29)31(26)37(34-27)25-16-9-6-10-17-25/h5-20,30H,4,21H2,1-3H3,(H,33,38)/t30-/m1/s1. The van der Waals surface area contributed by atoms with E-state index in [0.29, 0.717) is 6.54 Å². The fourth-order valence-electron chi connectivity index (χ4n) is 5.41. The average Bonchev–Trinajstić information content (AvgIpc) is 3.53. The third-order valence-corrected chi connectivity index (χ3v) is 7.53. The fourth-order valence-corrected chi connectivity index (χ4v) is 5.41. The van der Waals surface area contributed by atoms with Gasteiger partial charge in [-0.25, -0.2) is 9.48 Å². The number of benzene rings is 3. The van der Waals surface area contributed by atoms with Crippen LogP contribution >= 0.6 is 0 Å². The van der Waals surface area contributed by atoms with E-state index in [1.165, 1.54) is 0 Å². The highest BCUT2D eigenvalue weighted by molar-refractivity contribution is 5.91. The molecular weight excluding hydrogens is 470 g/mol. The predicted molar refractivity (Wildman–Crippen MR) is 151 cm³/mol. The van der Waals surface area contributed by atoms with E-state index in [-0.39, 0.29) is 12.1 Å². The van der Waals surface area contributed by atoms with Crippen molar-refractivity contribution in [3.63, 3.8) is 0 Å². The van der Waals surface area contributed by atoms with Crippen LogP contribution in [0.15, 0.2) is 97.2 Å². The van der Waals surface area contributed by atoms with Gasteiger partial charge in [0, 0.05) is 17.4 Å². The summed E-state index contributed by atoms with van der Waals surface area (Å²) in [6.45, 7) is 6.66. The van der Waals surface area contributed by atoms with E-state index in [1.807, 2.05) is 65.0 Å². The van der Waals surface area contributed by atoms with E-state index >= 15 is 0 Å². The molecule has 0 aliphatic carbocycles. The summed E-state index contributed by atoms with van der Waals surface area (Å²) in [4.78, 5) is 16.1. The number of carbonyl (C=O) groups excluding carboxylic acids is 1. The molecule has 2 amide bonds. The number of fused-ring (bicyclic) bond motifs is 3. The van der Waals surface area contributed by atoms with Crippen molar-refractivity contribution in [1.82, 2.24) is 19.2 Å². The van der Waals surface area contributed by atoms with Crippen molar-refractivity contribution < 1.29 is 4.79 Å². The maximum absolute atomic E-state index is 14.2. The summed E-state index contributed by atoms with van der Waals surface area (Å²) in [5, 5.41) is 8.27. The van der Waals surface area contributed by atoms with Crippen molar-refractivity contribution in [3.8, 4) is 11.5 Å². The number of hydrogen-bond donors (Lipinski definition) is 1. The lowest BCUT2D eigenvalue weighted by molar-refractivity contribution is 0.194. The van der Waals surface area contributed by atoms with E-state index < -0.39 is 0 Å². The molecule has 6 rings (SSSR count). The molecule has 190 valence electrons. The van der Waals surface area contributed by atoms with Crippen LogP contribution in [-0.4, -0.2) is 25.3 Å². The van der Waals surface area contributed by atoms with E-state index in [1.54, 1.807) is 0 Å². The summed E-state index contributed by atoms with van der Waals surface area (Å²) in [5.74, 6) is 0.982. The molecule has 1 aliphatic heterocycles. The van der Waals surface area contributed by atoms with E-state index in [4.69, 9.17) is 5.10 Å². The van der Waals surface area contributed by atoms with Crippen LogP contribution in [0.25, 0.3) is 11.5 Å². The summed E-state index contributed by atoms with van der Waals surface area (Å²) in [6, 6.07) is 30.2. The molecule has 6 heteroatoms. The van der Waals surface area contributed by atoms with Crippen LogP contribution in [0.3, 0.4) is 0 Å². The SMILES string of the molecule is CCc1nn(-c2ccccc2)c2c1CN(C(=O)Nc1cccc(C)c1C)[C@H](c1ccccc1)c1cccn1-2. The van der Waals surface area contributed by atoms with Gasteiger partial charge in [-0.3, -0.25) is 0 Å². The lowest BCUT2D eigenvalue weighted by Gasteiger charge is -2.31. The molecule has 1 aliphatic rings. The van der Waals surface area contributed by atoms with Gasteiger partial charge in [-0.15, -0.1) is 0 Å². The van der Waals surface area contributed by atoms with E-state index in [2.05, 4.69) is 72.4 Å². The molecule has 2 aromatic heterocycles. The number of nitrogens with one attached hydrogen (secondary N) is 1. The van der Waals surface area contributed by atoms with Crippen LogP contribution in [0, 0.1) is 13.8 Å². The minimum absolute atomic E-state index is 0.136. The first-order valence-corrected chi connectivity index (χ1v) is 13.1. The van der Waals surface area contributed by atoms with Gasteiger partial charge in [0.05, 0.1) is 29.7 Å². The van der Waals surface area contributed by atoms with Gasteiger partial charge >= 0.3 is 6.03 Å². The fraction of sp³-hybridized carbons (Fsp3) is 0.188. The Balaban J connectivity index is 1.55. The Bertz CT molecular complexity index is 1600. The average molecular weight is 502 g/mol. The molecule has 1 N–H and O–H groups in total. The van der Waals surface area contributed by atoms with Gasteiger partial charge in [0.25, 0.3) is 0 Å². The summed E-state index contributed by atoms with van der Waals surface area (Å²) in [7, 11) is 0. The highest BCUT2D eigenvalue weighted by Gasteiger charge is 2.36. The number of anilines is 1. The molecule has 38 heavy (non-hydrogen) atoms. The summed E-state index contributed by atoms with van der Waals surface area (Å²) >= 11 is 0. The van der Waals surface area contributed by atoms with Gasteiger partial charge in [0.15, 0.2) is 0 Å². The molecule has 0 spiro atoms. The number of amides is 2.